The van der Waals surface area contributed by atoms with E-state index in [1.165, 1.54) is 0 Å². The Kier molecular flexibility index (Phi) is 2.85. The molecule has 14 heavy (non-hydrogen) atoms. The van der Waals surface area contributed by atoms with Crippen LogP contribution in [0.5, 0.6) is 5.75 Å². The van der Waals surface area contributed by atoms with Crippen molar-refractivity contribution in [3.63, 3.8) is 0 Å². The van der Waals surface area contributed by atoms with Crippen LogP contribution in [-0.4, -0.2) is 21.2 Å². The topological polar surface area (TPSA) is 70.4 Å². The van der Waals surface area contributed by atoms with Gasteiger partial charge in [-0.05, 0) is 6.07 Å². The van der Waals surface area contributed by atoms with E-state index in [9.17, 15) is 13.6 Å². The number of alkyl halides is 2. The summed E-state index contributed by atoms with van der Waals surface area (Å²) in [5.74, 6) is -2.43. The van der Waals surface area contributed by atoms with Crippen LogP contribution in [0.15, 0.2) is 6.07 Å². The third-order valence-electron chi connectivity index (χ3n) is 1.39. The number of aromatic carboxylic acids is 1. The molecule has 76 valence electrons. The van der Waals surface area contributed by atoms with Gasteiger partial charge in [-0.2, -0.15) is 0 Å². The number of hydrogen-bond donors (Lipinski definition) is 2. The standard InChI is InChI=1S/C7H4ClF2NO3/c8-2-1-3(6(9)10)11-4(5(2)12)7(13)14/h1,6,12H,(H,13,14). The lowest BCUT2D eigenvalue weighted by Crippen LogP contribution is -2.04. The zero-order chi connectivity index (χ0) is 10.9. The minimum Gasteiger partial charge on any atom is -0.504 e. The number of nitrogens with zero attached hydrogens (tertiary/aromatic N) is 1. The smallest absolute Gasteiger partial charge is 0.358 e. The lowest BCUT2D eigenvalue weighted by molar-refractivity contribution is 0.0685. The average Bonchev–Trinajstić information content (AvgIpc) is 2.08. The van der Waals surface area contributed by atoms with E-state index in [-0.39, 0.29) is 0 Å². The minimum atomic E-state index is -2.94. The van der Waals surface area contributed by atoms with E-state index in [1.807, 2.05) is 0 Å². The van der Waals surface area contributed by atoms with Gasteiger partial charge in [-0.25, -0.2) is 18.6 Å². The third kappa shape index (κ3) is 1.90. The summed E-state index contributed by atoms with van der Waals surface area (Å²) in [7, 11) is 0. The molecule has 0 unspecified atom stereocenters. The number of halogens is 3. The first-order chi connectivity index (χ1) is 6.43. The van der Waals surface area contributed by atoms with E-state index in [4.69, 9.17) is 21.8 Å². The Bertz CT molecular complexity index is 383. The second kappa shape index (κ2) is 3.75. The molecule has 0 aromatic carbocycles. The molecule has 0 aliphatic heterocycles. The Morgan fingerprint density at radius 3 is 2.57 bits per heavy atom. The van der Waals surface area contributed by atoms with Gasteiger partial charge in [0.05, 0.1) is 5.02 Å². The van der Waals surface area contributed by atoms with Crippen molar-refractivity contribution >= 4 is 17.6 Å². The normalized spacial score (nSPS) is 10.6. The Hall–Kier alpha value is -1.43. The molecule has 0 radical (unpaired) electrons. The molecule has 7 heteroatoms. The van der Waals surface area contributed by atoms with Crippen molar-refractivity contribution in [1.82, 2.24) is 4.98 Å². The van der Waals surface area contributed by atoms with Crippen molar-refractivity contribution in [1.29, 1.82) is 0 Å². The molecule has 1 rings (SSSR count). The molecule has 0 aliphatic carbocycles. The van der Waals surface area contributed by atoms with Crippen LogP contribution in [0, 0.1) is 0 Å². The highest BCUT2D eigenvalue weighted by molar-refractivity contribution is 6.32. The summed E-state index contributed by atoms with van der Waals surface area (Å²) in [4.78, 5) is 13.5. The fraction of sp³-hybridized carbons (Fsp3) is 0.143. The Morgan fingerprint density at radius 1 is 1.57 bits per heavy atom. The fourth-order valence-electron chi connectivity index (χ4n) is 0.787. The summed E-state index contributed by atoms with van der Waals surface area (Å²) in [5.41, 5.74) is -1.67. The number of pyridine rings is 1. The number of aromatic nitrogens is 1. The van der Waals surface area contributed by atoms with E-state index in [1.54, 1.807) is 0 Å². The maximum absolute atomic E-state index is 12.1. The second-order valence-electron chi connectivity index (χ2n) is 2.33. The highest BCUT2D eigenvalue weighted by Crippen LogP contribution is 2.30. The van der Waals surface area contributed by atoms with Gasteiger partial charge in [0.2, 0.25) is 0 Å². The van der Waals surface area contributed by atoms with E-state index in [0.29, 0.717) is 6.07 Å². The highest BCUT2D eigenvalue weighted by Gasteiger charge is 2.20. The quantitative estimate of drug-likeness (QED) is 0.805. The number of rotatable bonds is 2. The van der Waals surface area contributed by atoms with Crippen molar-refractivity contribution in [2.45, 2.75) is 6.43 Å². The molecule has 2 N–H and O–H groups in total. The molecule has 0 spiro atoms. The monoisotopic (exact) mass is 223 g/mol. The number of aromatic hydroxyl groups is 1. The van der Waals surface area contributed by atoms with Crippen LogP contribution >= 0.6 is 11.6 Å². The van der Waals surface area contributed by atoms with E-state index >= 15 is 0 Å². The van der Waals surface area contributed by atoms with E-state index in [0.717, 1.165) is 0 Å². The van der Waals surface area contributed by atoms with Gasteiger partial charge < -0.3 is 10.2 Å². The zero-order valence-electron chi connectivity index (χ0n) is 6.54. The number of carboxylic acids is 1. The number of hydrogen-bond acceptors (Lipinski definition) is 3. The first kappa shape index (κ1) is 10.6. The van der Waals surface area contributed by atoms with E-state index < -0.39 is 34.6 Å². The van der Waals surface area contributed by atoms with Crippen LogP contribution in [0.3, 0.4) is 0 Å². The molecule has 1 heterocycles. The van der Waals surface area contributed by atoms with Crippen LogP contribution in [0.1, 0.15) is 22.6 Å². The maximum atomic E-state index is 12.1. The van der Waals surface area contributed by atoms with Crippen molar-refractivity contribution < 1.29 is 23.8 Å². The van der Waals surface area contributed by atoms with Crippen LogP contribution in [0.4, 0.5) is 8.78 Å². The van der Waals surface area contributed by atoms with Gasteiger partial charge in [0.15, 0.2) is 11.4 Å². The zero-order valence-corrected chi connectivity index (χ0v) is 7.29. The van der Waals surface area contributed by atoms with Gasteiger partial charge >= 0.3 is 5.97 Å². The summed E-state index contributed by atoms with van der Waals surface area (Å²) in [6.45, 7) is 0. The van der Waals surface area contributed by atoms with Crippen LogP contribution in [0.25, 0.3) is 0 Å². The Morgan fingerprint density at radius 2 is 2.14 bits per heavy atom. The number of carbonyl (C=O) groups is 1. The van der Waals surface area contributed by atoms with E-state index in [2.05, 4.69) is 4.98 Å². The minimum absolute atomic E-state index is 0.465. The highest BCUT2D eigenvalue weighted by atomic mass is 35.5. The summed E-state index contributed by atoms with van der Waals surface area (Å²) in [6.07, 6.45) is -2.94. The van der Waals surface area contributed by atoms with Gasteiger partial charge in [0.1, 0.15) is 5.69 Å². The summed E-state index contributed by atoms with van der Waals surface area (Å²) < 4.78 is 24.3. The fourth-order valence-corrected chi connectivity index (χ4v) is 0.988. The van der Waals surface area contributed by atoms with Gasteiger partial charge in [-0.1, -0.05) is 11.6 Å². The lowest BCUT2D eigenvalue weighted by Gasteiger charge is -2.04. The van der Waals surface area contributed by atoms with Crippen molar-refractivity contribution in [3.05, 3.63) is 22.5 Å². The molecule has 1 aromatic rings. The maximum Gasteiger partial charge on any atom is 0.358 e. The molecule has 0 aliphatic rings. The number of carboxylic acid groups (broad SMARTS) is 1. The summed E-state index contributed by atoms with van der Waals surface area (Å²) >= 11 is 5.32. The van der Waals surface area contributed by atoms with Gasteiger partial charge in [-0.3, -0.25) is 0 Å². The van der Waals surface area contributed by atoms with Crippen LogP contribution in [0.2, 0.25) is 5.02 Å². The van der Waals surface area contributed by atoms with Crippen molar-refractivity contribution in [2.24, 2.45) is 0 Å². The van der Waals surface area contributed by atoms with Crippen LogP contribution < -0.4 is 0 Å². The predicted octanol–water partition coefficient (Wildman–Crippen LogP) is 2.08. The summed E-state index contributed by atoms with van der Waals surface area (Å²) in [5, 5.41) is 17.1. The summed E-state index contributed by atoms with van der Waals surface area (Å²) in [6, 6.07) is 0.716. The molecule has 0 saturated heterocycles. The molecular weight excluding hydrogens is 220 g/mol. The third-order valence-corrected chi connectivity index (χ3v) is 1.68. The SMILES string of the molecule is O=C(O)c1nc(C(F)F)cc(Cl)c1O. The largest absolute Gasteiger partial charge is 0.504 e. The van der Waals surface area contributed by atoms with Crippen molar-refractivity contribution in [3.8, 4) is 5.75 Å². The lowest BCUT2D eigenvalue weighted by atomic mass is 10.3. The van der Waals surface area contributed by atoms with Gasteiger partial charge in [0.25, 0.3) is 6.43 Å². The molecular formula is C7H4ClF2NO3. The molecule has 0 saturated carbocycles. The molecule has 0 atom stereocenters. The van der Waals surface area contributed by atoms with Crippen LogP contribution in [-0.2, 0) is 0 Å². The van der Waals surface area contributed by atoms with Gasteiger partial charge in [0, 0.05) is 0 Å². The average molecular weight is 224 g/mol. The molecule has 0 bridgehead atoms. The predicted molar refractivity (Wildman–Crippen MR) is 42.8 cm³/mol. The Balaban J connectivity index is 3.35. The van der Waals surface area contributed by atoms with Crippen molar-refractivity contribution in [2.75, 3.05) is 0 Å². The first-order valence-corrected chi connectivity index (χ1v) is 3.72. The molecule has 1 aromatic heterocycles. The molecule has 0 fully saturated rings. The molecule has 0 amide bonds. The first-order valence-electron chi connectivity index (χ1n) is 3.34. The Labute approximate surface area is 81.8 Å². The van der Waals surface area contributed by atoms with Gasteiger partial charge in [-0.15, -0.1) is 0 Å². The molecule has 4 nitrogen and oxygen atoms in total. The second-order valence-corrected chi connectivity index (χ2v) is 2.74.